The van der Waals surface area contributed by atoms with Crippen molar-refractivity contribution in [2.75, 3.05) is 0 Å². The van der Waals surface area contributed by atoms with Crippen LogP contribution in [0.4, 0.5) is 0 Å². The van der Waals surface area contributed by atoms with Gasteiger partial charge in [-0.1, -0.05) is 11.6 Å². The molecule has 2 heterocycles. The monoisotopic (exact) mass is 267 g/mol. The number of hydrogen-bond donors (Lipinski definition) is 0. The molecule has 0 bridgehead atoms. The van der Waals surface area contributed by atoms with E-state index in [-0.39, 0.29) is 0 Å². The van der Waals surface area contributed by atoms with E-state index in [0.717, 1.165) is 16.9 Å². The van der Waals surface area contributed by atoms with Gasteiger partial charge < -0.3 is 4.42 Å². The average molecular weight is 267 g/mol. The lowest BCUT2D eigenvalue weighted by Gasteiger charge is -2.08. The molecule has 0 fully saturated rings. The van der Waals surface area contributed by atoms with E-state index < -0.39 is 0 Å². The molecule has 0 spiro atoms. The third kappa shape index (κ3) is 1.90. The first-order chi connectivity index (χ1) is 9.47. The predicted octanol–water partition coefficient (Wildman–Crippen LogP) is 3.55. The maximum atomic E-state index is 5.71. The molecule has 0 saturated heterocycles. The van der Waals surface area contributed by atoms with Crippen molar-refractivity contribution in [1.82, 2.24) is 4.98 Å². The summed E-state index contributed by atoms with van der Waals surface area (Å²) in [6.07, 6.45) is 0. The van der Waals surface area contributed by atoms with Crippen LogP contribution in [0, 0.1) is 27.7 Å². The summed E-state index contributed by atoms with van der Waals surface area (Å²) in [6.45, 7) is 8.33. The SMILES string of the molecule is Cc1cc(C)c(C)c(-c2ccc3nc(C)oc3[n+]2C)c1. The smallest absolute Gasteiger partial charge is 0.389 e. The summed E-state index contributed by atoms with van der Waals surface area (Å²) in [5.41, 5.74) is 8.01. The molecule has 1 aromatic carbocycles. The van der Waals surface area contributed by atoms with E-state index in [1.54, 1.807) is 0 Å². The van der Waals surface area contributed by atoms with Crippen LogP contribution in [0.3, 0.4) is 0 Å². The second-order valence-electron chi connectivity index (χ2n) is 5.46. The van der Waals surface area contributed by atoms with Crippen molar-refractivity contribution in [1.29, 1.82) is 0 Å². The van der Waals surface area contributed by atoms with Crippen molar-refractivity contribution in [3.8, 4) is 11.3 Å². The van der Waals surface area contributed by atoms with Crippen LogP contribution in [0.15, 0.2) is 28.7 Å². The van der Waals surface area contributed by atoms with Crippen LogP contribution in [0.5, 0.6) is 0 Å². The minimum absolute atomic E-state index is 0.699. The summed E-state index contributed by atoms with van der Waals surface area (Å²) >= 11 is 0. The summed E-state index contributed by atoms with van der Waals surface area (Å²) in [5, 5.41) is 0. The fourth-order valence-electron chi connectivity index (χ4n) is 2.74. The summed E-state index contributed by atoms with van der Waals surface area (Å²) in [6, 6.07) is 8.59. The van der Waals surface area contributed by atoms with E-state index in [0.29, 0.717) is 5.89 Å². The average Bonchev–Trinajstić information content (AvgIpc) is 2.76. The standard InChI is InChI=1S/C17H19N2O/c1-10-8-11(2)12(3)14(9-10)16-7-6-15-17(19(16)5)20-13(4)18-15/h6-9H,1-5H3/q+1. The van der Waals surface area contributed by atoms with Crippen molar-refractivity contribution < 1.29 is 8.98 Å². The van der Waals surface area contributed by atoms with Gasteiger partial charge in [-0.25, -0.2) is 4.98 Å². The Morgan fingerprint density at radius 2 is 1.80 bits per heavy atom. The molecule has 102 valence electrons. The maximum Gasteiger partial charge on any atom is 0.401 e. The topological polar surface area (TPSA) is 29.9 Å². The molecule has 0 amide bonds. The molecule has 3 heteroatoms. The van der Waals surface area contributed by atoms with Crippen molar-refractivity contribution >= 4 is 11.2 Å². The molecule has 0 unspecified atom stereocenters. The second kappa shape index (κ2) is 4.44. The molecule has 0 aliphatic rings. The van der Waals surface area contributed by atoms with Gasteiger partial charge in [0.2, 0.25) is 5.69 Å². The fourth-order valence-corrected chi connectivity index (χ4v) is 2.74. The number of fused-ring (bicyclic) bond motifs is 1. The minimum atomic E-state index is 0.699. The molecule has 3 rings (SSSR count). The largest absolute Gasteiger partial charge is 0.401 e. The number of rotatable bonds is 1. The van der Waals surface area contributed by atoms with Gasteiger partial charge in [-0.05, 0) is 44.0 Å². The van der Waals surface area contributed by atoms with Crippen LogP contribution < -0.4 is 4.57 Å². The zero-order valence-corrected chi connectivity index (χ0v) is 12.6. The first-order valence-corrected chi connectivity index (χ1v) is 6.82. The highest BCUT2D eigenvalue weighted by molar-refractivity contribution is 5.71. The molecule has 0 aliphatic heterocycles. The van der Waals surface area contributed by atoms with E-state index >= 15 is 0 Å². The Balaban J connectivity index is 2.32. The van der Waals surface area contributed by atoms with E-state index in [4.69, 9.17) is 4.42 Å². The van der Waals surface area contributed by atoms with E-state index in [9.17, 15) is 0 Å². The number of nitrogens with zero attached hydrogens (tertiary/aromatic N) is 2. The number of aryl methyl sites for hydroxylation is 4. The van der Waals surface area contributed by atoms with Crippen LogP contribution in [0.1, 0.15) is 22.6 Å². The van der Waals surface area contributed by atoms with Crippen LogP contribution in [-0.2, 0) is 7.05 Å². The van der Waals surface area contributed by atoms with Gasteiger partial charge in [-0.3, -0.25) is 0 Å². The normalized spacial score (nSPS) is 11.2. The fraction of sp³-hybridized carbons (Fsp3) is 0.294. The summed E-state index contributed by atoms with van der Waals surface area (Å²) in [4.78, 5) is 4.38. The quantitative estimate of drug-likeness (QED) is 0.631. The summed E-state index contributed by atoms with van der Waals surface area (Å²) in [5.74, 6) is 0.699. The third-order valence-corrected chi connectivity index (χ3v) is 3.89. The molecular weight excluding hydrogens is 248 g/mol. The van der Waals surface area contributed by atoms with E-state index in [2.05, 4.69) is 48.5 Å². The van der Waals surface area contributed by atoms with Gasteiger partial charge in [0.15, 0.2) is 11.4 Å². The number of aromatic nitrogens is 2. The van der Waals surface area contributed by atoms with Crippen molar-refractivity contribution in [2.45, 2.75) is 27.7 Å². The Bertz CT molecular complexity index is 815. The summed E-state index contributed by atoms with van der Waals surface area (Å²) in [7, 11) is 2.03. The molecular formula is C17H19N2O+. The molecule has 3 nitrogen and oxygen atoms in total. The molecule has 20 heavy (non-hydrogen) atoms. The van der Waals surface area contributed by atoms with Crippen LogP contribution >= 0.6 is 0 Å². The molecule has 2 aromatic heterocycles. The Morgan fingerprint density at radius 1 is 1.05 bits per heavy atom. The molecule has 0 aliphatic carbocycles. The van der Waals surface area contributed by atoms with Gasteiger partial charge in [-0.15, -0.1) is 0 Å². The lowest BCUT2D eigenvalue weighted by molar-refractivity contribution is -0.640. The third-order valence-electron chi connectivity index (χ3n) is 3.89. The predicted molar refractivity (Wildman–Crippen MR) is 79.6 cm³/mol. The Hall–Kier alpha value is -2.16. The van der Waals surface area contributed by atoms with Crippen molar-refractivity contribution in [3.05, 3.63) is 46.8 Å². The van der Waals surface area contributed by atoms with Crippen LogP contribution in [0.25, 0.3) is 22.5 Å². The molecule has 3 aromatic rings. The van der Waals surface area contributed by atoms with Crippen molar-refractivity contribution in [2.24, 2.45) is 7.05 Å². The molecule has 0 N–H and O–H groups in total. The number of hydrogen-bond acceptors (Lipinski definition) is 2. The zero-order chi connectivity index (χ0) is 14.4. The van der Waals surface area contributed by atoms with Gasteiger partial charge >= 0.3 is 5.71 Å². The lowest BCUT2D eigenvalue weighted by atomic mass is 9.97. The first-order valence-electron chi connectivity index (χ1n) is 6.82. The Morgan fingerprint density at radius 3 is 2.55 bits per heavy atom. The minimum Gasteiger partial charge on any atom is -0.389 e. The Kier molecular flexibility index (Phi) is 2.85. The number of benzene rings is 1. The van der Waals surface area contributed by atoms with E-state index in [1.165, 1.54) is 22.3 Å². The lowest BCUT2D eigenvalue weighted by Crippen LogP contribution is -2.31. The van der Waals surface area contributed by atoms with Gasteiger partial charge in [0, 0.05) is 18.6 Å². The van der Waals surface area contributed by atoms with Gasteiger partial charge in [0.05, 0.1) is 0 Å². The maximum absolute atomic E-state index is 5.71. The van der Waals surface area contributed by atoms with Crippen molar-refractivity contribution in [3.63, 3.8) is 0 Å². The summed E-state index contributed by atoms with van der Waals surface area (Å²) < 4.78 is 7.79. The highest BCUT2D eigenvalue weighted by Crippen LogP contribution is 2.26. The molecule has 0 atom stereocenters. The number of oxazole rings is 1. The second-order valence-corrected chi connectivity index (χ2v) is 5.46. The Labute approximate surface area is 118 Å². The highest BCUT2D eigenvalue weighted by atomic mass is 16.4. The van der Waals surface area contributed by atoms with Gasteiger partial charge in [-0.2, -0.15) is 4.57 Å². The van der Waals surface area contributed by atoms with Crippen LogP contribution in [-0.4, -0.2) is 4.98 Å². The van der Waals surface area contributed by atoms with Gasteiger partial charge in [0.25, 0.3) is 0 Å². The highest BCUT2D eigenvalue weighted by Gasteiger charge is 2.20. The molecule has 0 radical (unpaired) electrons. The van der Waals surface area contributed by atoms with E-state index in [1.807, 2.05) is 20.0 Å². The van der Waals surface area contributed by atoms with Crippen LogP contribution in [0.2, 0.25) is 0 Å². The zero-order valence-electron chi connectivity index (χ0n) is 12.6. The van der Waals surface area contributed by atoms with Gasteiger partial charge in [0.1, 0.15) is 7.05 Å². The molecule has 0 saturated carbocycles. The first kappa shape index (κ1) is 12.9. The number of pyridine rings is 1.